The topological polar surface area (TPSA) is 63.2 Å². The number of ether oxygens (including phenoxy) is 1. The third-order valence-corrected chi connectivity index (χ3v) is 4.32. The van der Waals surface area contributed by atoms with Gasteiger partial charge in [-0.25, -0.2) is 4.39 Å². The molecular weight excluding hydrogens is 345 g/mol. The number of pyridine rings is 1. The molecule has 1 aliphatic rings. The van der Waals surface area contributed by atoms with Crippen molar-refractivity contribution in [2.45, 2.75) is 31.9 Å². The van der Waals surface area contributed by atoms with E-state index in [0.717, 1.165) is 25.5 Å². The number of carbonyl (C=O) groups is 1. The Morgan fingerprint density at radius 3 is 3.00 bits per heavy atom. The highest BCUT2D eigenvalue weighted by atomic mass is 35.5. The minimum atomic E-state index is -0.494. The molecule has 2 aromatic rings. The van der Waals surface area contributed by atoms with E-state index in [0.29, 0.717) is 17.7 Å². The first-order valence-electron chi connectivity index (χ1n) is 8.15. The van der Waals surface area contributed by atoms with Gasteiger partial charge in [-0.1, -0.05) is 17.7 Å². The molecule has 2 atom stereocenters. The summed E-state index contributed by atoms with van der Waals surface area (Å²) in [5, 5.41) is 6.07. The Balaban J connectivity index is 1.67. The van der Waals surface area contributed by atoms with E-state index in [2.05, 4.69) is 22.5 Å². The molecule has 1 aromatic heterocycles. The molecule has 0 radical (unpaired) electrons. The highest BCUT2D eigenvalue weighted by Crippen LogP contribution is 2.21. The van der Waals surface area contributed by atoms with Crippen LogP contribution >= 0.6 is 11.6 Å². The van der Waals surface area contributed by atoms with E-state index in [1.54, 1.807) is 18.2 Å². The van der Waals surface area contributed by atoms with Crippen molar-refractivity contribution in [2.24, 2.45) is 0 Å². The van der Waals surface area contributed by atoms with Crippen molar-refractivity contribution in [3.05, 3.63) is 52.8 Å². The lowest BCUT2D eigenvalue weighted by molar-refractivity contribution is 0.102. The summed E-state index contributed by atoms with van der Waals surface area (Å²) in [6, 6.07) is 9.20. The number of halogens is 2. The normalized spacial score (nSPS) is 20.1. The third-order valence-electron chi connectivity index (χ3n) is 4.00. The predicted octanol–water partition coefficient (Wildman–Crippen LogP) is 3.65. The molecule has 0 saturated carbocycles. The lowest BCUT2D eigenvalue weighted by Gasteiger charge is -2.28. The van der Waals surface area contributed by atoms with Gasteiger partial charge in [0.2, 0.25) is 5.88 Å². The van der Waals surface area contributed by atoms with Crippen molar-refractivity contribution in [1.29, 1.82) is 0 Å². The number of hydrogen-bond acceptors (Lipinski definition) is 4. The first-order valence-corrected chi connectivity index (χ1v) is 8.52. The molecule has 0 bridgehead atoms. The molecule has 0 spiro atoms. The molecule has 1 saturated heterocycles. The summed E-state index contributed by atoms with van der Waals surface area (Å²) in [5.74, 6) is -0.136. The van der Waals surface area contributed by atoms with Crippen molar-refractivity contribution in [3.63, 3.8) is 0 Å². The molecule has 2 N–H and O–H groups in total. The van der Waals surface area contributed by atoms with Crippen molar-refractivity contribution in [1.82, 2.24) is 10.3 Å². The zero-order chi connectivity index (χ0) is 17.8. The number of aromatic nitrogens is 1. The zero-order valence-corrected chi connectivity index (χ0v) is 14.5. The molecular formula is C18H19ClFN3O2. The second-order valence-electron chi connectivity index (χ2n) is 6.06. The largest absolute Gasteiger partial charge is 0.474 e. The first kappa shape index (κ1) is 17.6. The summed E-state index contributed by atoms with van der Waals surface area (Å²) in [6.45, 7) is 3.03. The average Bonchev–Trinajstić information content (AvgIpc) is 2.55. The molecule has 1 aliphatic heterocycles. The number of piperidine rings is 1. The Morgan fingerprint density at radius 2 is 2.24 bits per heavy atom. The molecule has 0 aliphatic carbocycles. The third kappa shape index (κ3) is 4.67. The SMILES string of the molecule is C[C@@H]1C[C@@H](Oc2cccc(NC(=O)c3ccc(F)cc3Cl)n2)CCN1. The average molecular weight is 364 g/mol. The molecule has 1 amide bonds. The van der Waals surface area contributed by atoms with E-state index in [-0.39, 0.29) is 16.7 Å². The maximum absolute atomic E-state index is 13.1. The van der Waals surface area contributed by atoms with Crippen LogP contribution in [0.3, 0.4) is 0 Å². The minimum Gasteiger partial charge on any atom is -0.474 e. The molecule has 7 heteroatoms. The summed E-state index contributed by atoms with van der Waals surface area (Å²) in [5.41, 5.74) is 0.184. The highest BCUT2D eigenvalue weighted by molar-refractivity contribution is 6.34. The minimum absolute atomic E-state index is 0.0496. The van der Waals surface area contributed by atoms with E-state index in [1.807, 2.05) is 0 Å². The van der Waals surface area contributed by atoms with Gasteiger partial charge >= 0.3 is 0 Å². The highest BCUT2D eigenvalue weighted by Gasteiger charge is 2.20. The summed E-state index contributed by atoms with van der Waals surface area (Å²) < 4.78 is 19.0. The Kier molecular flexibility index (Phi) is 5.50. The van der Waals surface area contributed by atoms with Crippen molar-refractivity contribution in [2.75, 3.05) is 11.9 Å². The number of hydrogen-bond donors (Lipinski definition) is 2. The second kappa shape index (κ2) is 7.80. The Labute approximate surface area is 150 Å². The first-order chi connectivity index (χ1) is 12.0. The van der Waals surface area contributed by atoms with Crippen LogP contribution in [0.4, 0.5) is 10.2 Å². The summed E-state index contributed by atoms with van der Waals surface area (Å²) in [4.78, 5) is 16.6. The van der Waals surface area contributed by atoms with Gasteiger partial charge in [0, 0.05) is 12.1 Å². The Bertz CT molecular complexity index is 772. The van der Waals surface area contributed by atoms with Crippen LogP contribution in [-0.4, -0.2) is 29.6 Å². The van der Waals surface area contributed by atoms with Crippen molar-refractivity contribution in [3.8, 4) is 5.88 Å². The van der Waals surface area contributed by atoms with Crippen molar-refractivity contribution >= 4 is 23.3 Å². The second-order valence-corrected chi connectivity index (χ2v) is 6.47. The van der Waals surface area contributed by atoms with Gasteiger partial charge in [-0.15, -0.1) is 0 Å². The molecule has 3 rings (SSSR count). The van der Waals surface area contributed by atoms with Crippen LogP contribution in [0.2, 0.25) is 5.02 Å². The van der Waals surface area contributed by atoms with Gasteiger partial charge in [0.25, 0.3) is 5.91 Å². The molecule has 5 nitrogen and oxygen atoms in total. The van der Waals surface area contributed by atoms with E-state index < -0.39 is 11.7 Å². The zero-order valence-electron chi connectivity index (χ0n) is 13.8. The summed E-state index contributed by atoms with van der Waals surface area (Å²) >= 11 is 5.91. The molecule has 1 fully saturated rings. The van der Waals surface area contributed by atoms with E-state index >= 15 is 0 Å². The maximum Gasteiger partial charge on any atom is 0.258 e. The molecule has 0 unspecified atom stereocenters. The number of amides is 1. The fourth-order valence-electron chi connectivity index (χ4n) is 2.77. The molecule has 132 valence electrons. The van der Waals surface area contributed by atoms with Gasteiger partial charge < -0.3 is 15.4 Å². The van der Waals surface area contributed by atoms with Gasteiger partial charge in [-0.3, -0.25) is 4.79 Å². The number of nitrogens with zero attached hydrogens (tertiary/aromatic N) is 1. The van der Waals surface area contributed by atoms with Crippen LogP contribution in [0, 0.1) is 5.82 Å². The van der Waals surface area contributed by atoms with E-state index in [4.69, 9.17) is 16.3 Å². The number of rotatable bonds is 4. The van der Waals surface area contributed by atoms with Crippen LogP contribution in [0.15, 0.2) is 36.4 Å². The van der Waals surface area contributed by atoms with Gasteiger partial charge in [0.1, 0.15) is 17.7 Å². The molecule has 2 heterocycles. The summed E-state index contributed by atoms with van der Waals surface area (Å²) in [6.07, 6.45) is 1.92. The number of nitrogens with one attached hydrogen (secondary N) is 2. The fraction of sp³-hybridized carbons (Fsp3) is 0.333. The fourth-order valence-corrected chi connectivity index (χ4v) is 3.02. The monoisotopic (exact) mass is 363 g/mol. The van der Waals surface area contributed by atoms with Gasteiger partial charge in [0.15, 0.2) is 0 Å². The van der Waals surface area contributed by atoms with Crippen LogP contribution in [0.5, 0.6) is 5.88 Å². The van der Waals surface area contributed by atoms with Crippen LogP contribution in [0.25, 0.3) is 0 Å². The van der Waals surface area contributed by atoms with Crippen molar-refractivity contribution < 1.29 is 13.9 Å². The number of anilines is 1. The van der Waals surface area contributed by atoms with Crippen LogP contribution < -0.4 is 15.4 Å². The Morgan fingerprint density at radius 1 is 1.40 bits per heavy atom. The smallest absolute Gasteiger partial charge is 0.258 e. The van der Waals surface area contributed by atoms with Gasteiger partial charge in [-0.05, 0) is 50.6 Å². The van der Waals surface area contributed by atoms with Crippen LogP contribution in [-0.2, 0) is 0 Å². The Hall–Kier alpha value is -2.18. The quantitative estimate of drug-likeness (QED) is 0.870. The number of benzene rings is 1. The predicted molar refractivity (Wildman–Crippen MR) is 94.7 cm³/mol. The van der Waals surface area contributed by atoms with E-state index in [1.165, 1.54) is 12.1 Å². The van der Waals surface area contributed by atoms with E-state index in [9.17, 15) is 9.18 Å². The van der Waals surface area contributed by atoms with Crippen LogP contribution in [0.1, 0.15) is 30.1 Å². The lowest BCUT2D eigenvalue weighted by Crippen LogP contribution is -2.40. The summed E-state index contributed by atoms with van der Waals surface area (Å²) in [7, 11) is 0. The van der Waals surface area contributed by atoms with Gasteiger partial charge in [0.05, 0.1) is 10.6 Å². The number of carbonyl (C=O) groups excluding carboxylic acids is 1. The lowest BCUT2D eigenvalue weighted by atomic mass is 10.0. The molecule has 1 aromatic carbocycles. The maximum atomic E-state index is 13.1. The standard InChI is InChI=1S/C18H19ClFN3O2/c1-11-9-13(7-8-21-11)25-17-4-2-3-16(22-17)23-18(24)14-6-5-12(20)10-15(14)19/h2-6,10-11,13,21H,7-9H2,1H3,(H,22,23,24)/t11-,13+/m1/s1. The van der Waals surface area contributed by atoms with Gasteiger partial charge in [-0.2, -0.15) is 4.98 Å². The molecule has 25 heavy (non-hydrogen) atoms.